The maximum absolute atomic E-state index is 11.5. The molecule has 1 heterocycles. The standard InChI is InChI=1S/C12H9O3P/c13-16-14-11-7-3-1-5-9(11)10-6-2-4-8-12(10)15-16/h1-8,16H. The van der Waals surface area contributed by atoms with Gasteiger partial charge in [-0.2, -0.15) is 0 Å². The largest absolute Gasteiger partial charge is 0.419 e. The molecule has 3 rings (SSSR count). The van der Waals surface area contributed by atoms with E-state index in [-0.39, 0.29) is 0 Å². The van der Waals surface area contributed by atoms with Crippen LogP contribution in [0.2, 0.25) is 0 Å². The molecule has 16 heavy (non-hydrogen) atoms. The summed E-state index contributed by atoms with van der Waals surface area (Å²) in [6.07, 6.45) is 0. The Bertz CT molecular complexity index is 516. The Hall–Kier alpha value is -1.73. The minimum absolute atomic E-state index is 0.608. The minimum Gasteiger partial charge on any atom is -0.417 e. The van der Waals surface area contributed by atoms with Gasteiger partial charge in [0.2, 0.25) is 0 Å². The van der Waals surface area contributed by atoms with Crippen molar-refractivity contribution < 1.29 is 13.6 Å². The third-order valence-corrected chi connectivity index (χ3v) is 3.22. The van der Waals surface area contributed by atoms with Gasteiger partial charge in [0.1, 0.15) is 11.5 Å². The van der Waals surface area contributed by atoms with Gasteiger partial charge in [-0.3, -0.25) is 0 Å². The van der Waals surface area contributed by atoms with Gasteiger partial charge in [0.15, 0.2) is 0 Å². The van der Waals surface area contributed by atoms with Gasteiger partial charge in [0.25, 0.3) is 0 Å². The normalized spacial score (nSPS) is 14.0. The van der Waals surface area contributed by atoms with E-state index in [0.717, 1.165) is 11.1 Å². The van der Waals surface area contributed by atoms with Crippen molar-refractivity contribution in [3.63, 3.8) is 0 Å². The molecule has 0 bridgehead atoms. The van der Waals surface area contributed by atoms with E-state index in [9.17, 15) is 4.57 Å². The molecule has 0 fully saturated rings. The molecule has 1 aliphatic rings. The van der Waals surface area contributed by atoms with Crippen LogP contribution in [0.3, 0.4) is 0 Å². The summed E-state index contributed by atoms with van der Waals surface area (Å²) in [6.45, 7) is 0. The van der Waals surface area contributed by atoms with E-state index in [4.69, 9.17) is 9.05 Å². The summed E-state index contributed by atoms with van der Waals surface area (Å²) in [5.41, 5.74) is 1.82. The average Bonchev–Trinajstić information content (AvgIpc) is 2.44. The lowest BCUT2D eigenvalue weighted by molar-refractivity contribution is 0.421. The number of fused-ring (bicyclic) bond motifs is 3. The maximum atomic E-state index is 11.5. The molecule has 2 aromatic rings. The smallest absolute Gasteiger partial charge is 0.417 e. The van der Waals surface area contributed by atoms with Crippen molar-refractivity contribution >= 4 is 8.25 Å². The van der Waals surface area contributed by atoms with Crippen molar-refractivity contribution in [3.05, 3.63) is 48.5 Å². The molecule has 0 spiro atoms. The number of hydrogen-bond acceptors (Lipinski definition) is 3. The Morgan fingerprint density at radius 3 is 1.69 bits per heavy atom. The van der Waals surface area contributed by atoms with Crippen molar-refractivity contribution in [1.82, 2.24) is 0 Å². The molecule has 80 valence electrons. The van der Waals surface area contributed by atoms with E-state index in [0.29, 0.717) is 11.5 Å². The topological polar surface area (TPSA) is 35.5 Å². The maximum Gasteiger partial charge on any atom is 0.419 e. The predicted molar refractivity (Wildman–Crippen MR) is 62.1 cm³/mol. The summed E-state index contributed by atoms with van der Waals surface area (Å²) in [5, 5.41) is 0. The highest BCUT2D eigenvalue weighted by atomic mass is 31.1. The number of hydrogen-bond donors (Lipinski definition) is 0. The Labute approximate surface area is 93.6 Å². The van der Waals surface area contributed by atoms with Crippen molar-refractivity contribution in [1.29, 1.82) is 0 Å². The van der Waals surface area contributed by atoms with Crippen LogP contribution in [-0.4, -0.2) is 0 Å². The fourth-order valence-corrected chi connectivity index (χ4v) is 2.51. The molecule has 0 aliphatic carbocycles. The highest BCUT2D eigenvalue weighted by molar-refractivity contribution is 7.34. The zero-order chi connectivity index (χ0) is 11.0. The highest BCUT2D eigenvalue weighted by Gasteiger charge is 2.18. The van der Waals surface area contributed by atoms with E-state index < -0.39 is 8.25 Å². The Balaban J connectivity index is 2.30. The fourth-order valence-electron chi connectivity index (χ4n) is 1.76. The molecule has 4 heteroatoms. The third kappa shape index (κ3) is 1.50. The SMILES string of the molecule is O=[PH]1Oc2ccccc2-c2ccccc2O1. The number of para-hydroxylation sites is 2. The molecular formula is C12H9O3P. The van der Waals surface area contributed by atoms with Crippen LogP contribution in [-0.2, 0) is 4.57 Å². The van der Waals surface area contributed by atoms with Gasteiger partial charge in [-0.25, -0.2) is 4.57 Å². The second kappa shape index (κ2) is 3.69. The van der Waals surface area contributed by atoms with E-state index >= 15 is 0 Å². The lowest BCUT2D eigenvalue weighted by Gasteiger charge is -2.04. The van der Waals surface area contributed by atoms with Gasteiger partial charge in [-0.15, -0.1) is 0 Å². The summed E-state index contributed by atoms with van der Waals surface area (Å²) in [4.78, 5) is 0. The van der Waals surface area contributed by atoms with Gasteiger partial charge in [-0.05, 0) is 12.1 Å². The zero-order valence-electron chi connectivity index (χ0n) is 8.34. The summed E-state index contributed by atoms with van der Waals surface area (Å²) in [6, 6.07) is 15.0. The van der Waals surface area contributed by atoms with Crippen molar-refractivity contribution in [2.24, 2.45) is 0 Å². The lowest BCUT2D eigenvalue weighted by Crippen LogP contribution is -1.84. The third-order valence-electron chi connectivity index (χ3n) is 2.45. The van der Waals surface area contributed by atoms with Crippen LogP contribution in [0.15, 0.2) is 48.5 Å². The van der Waals surface area contributed by atoms with Crippen LogP contribution >= 0.6 is 8.25 Å². The first-order valence-corrected chi connectivity index (χ1v) is 6.15. The number of rotatable bonds is 0. The molecule has 0 atom stereocenters. The zero-order valence-corrected chi connectivity index (χ0v) is 9.34. The first-order valence-electron chi connectivity index (χ1n) is 4.93. The molecule has 0 amide bonds. The molecule has 0 unspecified atom stereocenters. The highest BCUT2D eigenvalue weighted by Crippen LogP contribution is 2.45. The minimum atomic E-state index is -2.50. The molecular weight excluding hydrogens is 223 g/mol. The summed E-state index contributed by atoms with van der Waals surface area (Å²) in [7, 11) is -2.50. The first kappa shape index (κ1) is 9.49. The Morgan fingerprint density at radius 2 is 1.19 bits per heavy atom. The molecule has 3 nitrogen and oxygen atoms in total. The van der Waals surface area contributed by atoms with Crippen LogP contribution in [0.25, 0.3) is 11.1 Å². The van der Waals surface area contributed by atoms with Gasteiger partial charge in [-0.1, -0.05) is 36.4 Å². The lowest BCUT2D eigenvalue weighted by atomic mass is 10.0. The average molecular weight is 232 g/mol. The van der Waals surface area contributed by atoms with Crippen LogP contribution < -0.4 is 9.05 Å². The molecule has 0 saturated heterocycles. The van der Waals surface area contributed by atoms with Gasteiger partial charge in [0.05, 0.1) is 0 Å². The van der Waals surface area contributed by atoms with Gasteiger partial charge >= 0.3 is 8.25 Å². The molecule has 0 N–H and O–H groups in total. The predicted octanol–water partition coefficient (Wildman–Crippen LogP) is 3.51. The first-order chi connectivity index (χ1) is 7.84. The molecule has 0 aromatic heterocycles. The molecule has 0 radical (unpaired) electrons. The van der Waals surface area contributed by atoms with Crippen molar-refractivity contribution in [3.8, 4) is 22.6 Å². The van der Waals surface area contributed by atoms with Crippen LogP contribution in [0.1, 0.15) is 0 Å². The monoisotopic (exact) mass is 232 g/mol. The Kier molecular flexibility index (Phi) is 2.19. The van der Waals surface area contributed by atoms with E-state index in [1.807, 2.05) is 36.4 Å². The van der Waals surface area contributed by atoms with Crippen molar-refractivity contribution in [2.45, 2.75) is 0 Å². The summed E-state index contributed by atoms with van der Waals surface area (Å²) < 4.78 is 22.1. The second-order valence-corrected chi connectivity index (χ2v) is 4.35. The molecule has 0 saturated carbocycles. The van der Waals surface area contributed by atoms with E-state index in [1.54, 1.807) is 12.1 Å². The van der Waals surface area contributed by atoms with Gasteiger partial charge in [0, 0.05) is 11.1 Å². The van der Waals surface area contributed by atoms with Crippen LogP contribution in [0.5, 0.6) is 11.5 Å². The van der Waals surface area contributed by atoms with Crippen LogP contribution in [0.4, 0.5) is 0 Å². The quantitative estimate of drug-likeness (QED) is 0.652. The Morgan fingerprint density at radius 1 is 0.750 bits per heavy atom. The second-order valence-electron chi connectivity index (χ2n) is 3.45. The fraction of sp³-hybridized carbons (Fsp3) is 0. The van der Waals surface area contributed by atoms with E-state index in [2.05, 4.69) is 0 Å². The van der Waals surface area contributed by atoms with Crippen LogP contribution in [0, 0.1) is 0 Å². The van der Waals surface area contributed by atoms with E-state index in [1.165, 1.54) is 0 Å². The summed E-state index contributed by atoms with van der Waals surface area (Å²) >= 11 is 0. The summed E-state index contributed by atoms with van der Waals surface area (Å²) in [5.74, 6) is 1.22. The molecule has 1 aliphatic heterocycles. The van der Waals surface area contributed by atoms with Crippen molar-refractivity contribution in [2.75, 3.05) is 0 Å². The number of benzene rings is 2. The van der Waals surface area contributed by atoms with Gasteiger partial charge < -0.3 is 9.05 Å². The molecule has 2 aromatic carbocycles.